The number of hydrogen-bond donors (Lipinski definition) is 3. The minimum Gasteiger partial charge on any atom is -0.446 e. The lowest BCUT2D eigenvalue weighted by Gasteiger charge is -2.09. The third-order valence-corrected chi connectivity index (χ3v) is 3.83. The number of carbonyl (C=O) groups excluding carboxylic acids is 1. The highest BCUT2D eigenvalue weighted by molar-refractivity contribution is 5.64. The van der Waals surface area contributed by atoms with Crippen molar-refractivity contribution < 1.29 is 9.53 Å². The van der Waals surface area contributed by atoms with Crippen LogP contribution in [0.5, 0.6) is 0 Å². The third kappa shape index (κ3) is 3.16. The van der Waals surface area contributed by atoms with Gasteiger partial charge in [0.05, 0.1) is 5.69 Å². The minimum atomic E-state index is -0.712. The molecule has 0 spiro atoms. The Morgan fingerprint density at radius 1 is 1.41 bits per heavy atom. The molecule has 2 unspecified atom stereocenters. The van der Waals surface area contributed by atoms with Crippen LogP contribution in [0.3, 0.4) is 0 Å². The largest absolute Gasteiger partial charge is 0.446 e. The molecule has 1 saturated carbocycles. The van der Waals surface area contributed by atoms with E-state index in [0.29, 0.717) is 11.6 Å². The summed E-state index contributed by atoms with van der Waals surface area (Å²) in [6.45, 7) is 1.88. The lowest BCUT2D eigenvalue weighted by molar-refractivity contribution is 0.109. The molecular weight excluding hydrogens is 284 g/mol. The van der Waals surface area contributed by atoms with Gasteiger partial charge in [-0.05, 0) is 26.2 Å². The molecule has 2 heterocycles. The van der Waals surface area contributed by atoms with E-state index in [1.54, 1.807) is 12.4 Å². The lowest BCUT2D eigenvalue weighted by atomic mass is 10.0. The molecule has 0 radical (unpaired) electrons. The van der Waals surface area contributed by atoms with Gasteiger partial charge in [-0.2, -0.15) is 5.10 Å². The van der Waals surface area contributed by atoms with Gasteiger partial charge in [-0.25, -0.2) is 9.78 Å². The molecule has 4 N–H and O–H groups in total. The average Bonchev–Trinajstić information content (AvgIpc) is 3.10. The highest BCUT2D eigenvalue weighted by Crippen LogP contribution is 2.35. The summed E-state index contributed by atoms with van der Waals surface area (Å²) in [4.78, 5) is 19.2. The summed E-state index contributed by atoms with van der Waals surface area (Å²) in [5.74, 6) is 1.66. The minimum absolute atomic E-state index is 0.107. The van der Waals surface area contributed by atoms with Gasteiger partial charge in [-0.1, -0.05) is 0 Å². The summed E-state index contributed by atoms with van der Waals surface area (Å²) < 4.78 is 5.05. The molecule has 8 heteroatoms. The molecule has 1 amide bonds. The maximum absolute atomic E-state index is 10.8. The van der Waals surface area contributed by atoms with Crippen molar-refractivity contribution in [3.63, 3.8) is 0 Å². The number of hydrogen-bond acceptors (Lipinski definition) is 6. The van der Waals surface area contributed by atoms with Gasteiger partial charge >= 0.3 is 6.09 Å². The van der Waals surface area contributed by atoms with Crippen LogP contribution in [0.4, 0.5) is 16.4 Å². The third-order valence-electron chi connectivity index (χ3n) is 3.83. The second-order valence-electron chi connectivity index (χ2n) is 5.39. The van der Waals surface area contributed by atoms with Crippen LogP contribution in [0, 0.1) is 6.92 Å². The topological polar surface area (TPSA) is 119 Å². The Bertz CT molecular complexity index is 671. The Kier molecular flexibility index (Phi) is 3.90. The number of ether oxygens (including phenoxy) is 1. The van der Waals surface area contributed by atoms with Gasteiger partial charge < -0.3 is 15.8 Å². The van der Waals surface area contributed by atoms with Crippen molar-refractivity contribution in [1.82, 2.24) is 20.2 Å². The molecule has 1 aliphatic rings. The van der Waals surface area contributed by atoms with Crippen LogP contribution >= 0.6 is 0 Å². The first-order chi connectivity index (χ1) is 10.6. The SMILES string of the molecule is Cc1nccnc1Nc1cc(C2CCC(OC(N)=O)C2)[nH]n1. The molecule has 1 aliphatic carbocycles. The predicted octanol–water partition coefficient (Wildman–Crippen LogP) is 1.98. The molecule has 1 fully saturated rings. The Hall–Kier alpha value is -2.64. The van der Waals surface area contributed by atoms with Crippen molar-refractivity contribution in [2.24, 2.45) is 5.73 Å². The maximum atomic E-state index is 10.8. The number of nitrogens with zero attached hydrogens (tertiary/aromatic N) is 3. The van der Waals surface area contributed by atoms with Gasteiger partial charge in [0.15, 0.2) is 11.6 Å². The molecule has 0 aliphatic heterocycles. The van der Waals surface area contributed by atoms with Crippen LogP contribution in [0.25, 0.3) is 0 Å². The molecule has 2 aromatic rings. The molecule has 116 valence electrons. The fraction of sp³-hybridized carbons (Fsp3) is 0.429. The number of aromatic nitrogens is 4. The van der Waals surface area contributed by atoms with E-state index in [0.717, 1.165) is 30.7 Å². The van der Waals surface area contributed by atoms with E-state index in [9.17, 15) is 4.79 Å². The van der Waals surface area contributed by atoms with Crippen LogP contribution in [0.1, 0.15) is 36.6 Å². The van der Waals surface area contributed by atoms with Crippen LogP contribution in [0.15, 0.2) is 18.5 Å². The van der Waals surface area contributed by atoms with E-state index in [-0.39, 0.29) is 12.0 Å². The van der Waals surface area contributed by atoms with E-state index in [1.165, 1.54) is 0 Å². The van der Waals surface area contributed by atoms with E-state index < -0.39 is 6.09 Å². The van der Waals surface area contributed by atoms with Gasteiger partial charge in [0.25, 0.3) is 0 Å². The normalized spacial score (nSPS) is 20.8. The molecule has 0 saturated heterocycles. The number of nitrogens with one attached hydrogen (secondary N) is 2. The first-order valence-electron chi connectivity index (χ1n) is 7.18. The number of carbonyl (C=O) groups is 1. The Labute approximate surface area is 127 Å². The first kappa shape index (κ1) is 14.3. The van der Waals surface area contributed by atoms with Gasteiger partial charge in [0.2, 0.25) is 0 Å². The van der Waals surface area contributed by atoms with Crippen LogP contribution in [-0.2, 0) is 4.74 Å². The van der Waals surface area contributed by atoms with E-state index in [1.807, 2.05) is 13.0 Å². The average molecular weight is 302 g/mol. The van der Waals surface area contributed by atoms with E-state index in [2.05, 4.69) is 25.5 Å². The van der Waals surface area contributed by atoms with Crippen molar-refractivity contribution in [2.45, 2.75) is 38.2 Å². The predicted molar refractivity (Wildman–Crippen MR) is 79.7 cm³/mol. The van der Waals surface area contributed by atoms with Crippen LogP contribution in [-0.4, -0.2) is 32.4 Å². The van der Waals surface area contributed by atoms with Crippen molar-refractivity contribution in [1.29, 1.82) is 0 Å². The smallest absolute Gasteiger partial charge is 0.404 e. The summed E-state index contributed by atoms with van der Waals surface area (Å²) in [5.41, 5.74) is 6.88. The van der Waals surface area contributed by atoms with E-state index in [4.69, 9.17) is 10.5 Å². The number of anilines is 2. The number of primary amides is 1. The summed E-state index contributed by atoms with van der Waals surface area (Å²) in [5, 5.41) is 10.4. The molecule has 22 heavy (non-hydrogen) atoms. The Balaban J connectivity index is 1.65. The zero-order valence-corrected chi connectivity index (χ0v) is 12.2. The molecule has 2 atom stereocenters. The zero-order chi connectivity index (χ0) is 15.5. The highest BCUT2D eigenvalue weighted by atomic mass is 16.6. The second kappa shape index (κ2) is 6.00. The fourth-order valence-electron chi connectivity index (χ4n) is 2.76. The van der Waals surface area contributed by atoms with Crippen molar-refractivity contribution in [3.8, 4) is 0 Å². The number of H-pyrrole nitrogens is 1. The van der Waals surface area contributed by atoms with Gasteiger partial charge in [0.1, 0.15) is 6.10 Å². The van der Waals surface area contributed by atoms with Crippen molar-refractivity contribution in [2.75, 3.05) is 5.32 Å². The summed E-state index contributed by atoms with van der Waals surface area (Å²) in [6, 6.07) is 1.95. The molecule has 0 bridgehead atoms. The fourth-order valence-corrected chi connectivity index (χ4v) is 2.76. The van der Waals surface area contributed by atoms with Crippen molar-refractivity contribution in [3.05, 3.63) is 29.8 Å². The van der Waals surface area contributed by atoms with Crippen molar-refractivity contribution >= 4 is 17.7 Å². The number of aryl methyl sites for hydroxylation is 1. The van der Waals surface area contributed by atoms with Crippen LogP contribution < -0.4 is 11.1 Å². The molecule has 8 nitrogen and oxygen atoms in total. The summed E-state index contributed by atoms with van der Waals surface area (Å²) in [6.07, 6.45) is 4.97. The quantitative estimate of drug-likeness (QED) is 0.794. The van der Waals surface area contributed by atoms with E-state index >= 15 is 0 Å². The Morgan fingerprint density at radius 3 is 3.00 bits per heavy atom. The summed E-state index contributed by atoms with van der Waals surface area (Å²) in [7, 11) is 0. The summed E-state index contributed by atoms with van der Waals surface area (Å²) >= 11 is 0. The molecule has 2 aromatic heterocycles. The zero-order valence-electron chi connectivity index (χ0n) is 12.2. The molecule has 0 aromatic carbocycles. The molecule has 3 rings (SSSR count). The van der Waals surface area contributed by atoms with Gasteiger partial charge in [-0.15, -0.1) is 0 Å². The van der Waals surface area contributed by atoms with Gasteiger partial charge in [-0.3, -0.25) is 10.1 Å². The number of aromatic amines is 1. The standard InChI is InChI=1S/C14H18N6O2/c1-8-13(17-5-4-16-8)18-12-7-11(19-20-12)9-2-3-10(6-9)22-14(15)21/h4-5,7,9-10H,2-3,6H2,1H3,(H2,15,21)(H2,17,18,19,20). The lowest BCUT2D eigenvalue weighted by Crippen LogP contribution is -2.20. The number of amides is 1. The highest BCUT2D eigenvalue weighted by Gasteiger charge is 2.29. The maximum Gasteiger partial charge on any atom is 0.404 e. The monoisotopic (exact) mass is 302 g/mol. The number of nitrogens with two attached hydrogens (primary N) is 1. The first-order valence-corrected chi connectivity index (χ1v) is 7.18. The van der Waals surface area contributed by atoms with Crippen LogP contribution in [0.2, 0.25) is 0 Å². The Morgan fingerprint density at radius 2 is 2.23 bits per heavy atom. The number of rotatable bonds is 4. The molecular formula is C14H18N6O2. The van der Waals surface area contributed by atoms with Gasteiger partial charge in [0, 0.05) is 30.1 Å². The second-order valence-corrected chi connectivity index (χ2v) is 5.39.